The molecule has 0 spiro atoms. The van der Waals surface area contributed by atoms with Crippen LogP contribution in [0.5, 0.6) is 5.75 Å². The summed E-state index contributed by atoms with van der Waals surface area (Å²) >= 11 is 6.70. The number of aliphatic hydroxyl groups excluding tert-OH is 2. The molecular formula is C25H29ClN2O7. The maximum Gasteiger partial charge on any atom is 0.255 e. The molecule has 0 saturated carbocycles. The van der Waals surface area contributed by atoms with E-state index in [0.717, 1.165) is 19.4 Å². The zero-order valence-corrected chi connectivity index (χ0v) is 20.4. The lowest BCUT2D eigenvalue weighted by Crippen LogP contribution is -2.57. The molecule has 0 aliphatic heterocycles. The minimum absolute atomic E-state index is 0.0701. The van der Waals surface area contributed by atoms with Crippen LogP contribution in [0.3, 0.4) is 0 Å². The molecule has 1 aromatic rings. The van der Waals surface area contributed by atoms with Crippen molar-refractivity contribution in [3.8, 4) is 5.75 Å². The number of rotatable bonds is 6. The van der Waals surface area contributed by atoms with Gasteiger partial charge in [0, 0.05) is 29.5 Å². The summed E-state index contributed by atoms with van der Waals surface area (Å²) in [6.07, 6.45) is 2.02. The summed E-state index contributed by atoms with van der Waals surface area (Å²) in [6.45, 7) is 3.40. The Bertz CT molecular complexity index is 1200. The van der Waals surface area contributed by atoms with E-state index in [1.807, 2.05) is 7.05 Å². The van der Waals surface area contributed by atoms with Crippen LogP contribution in [-0.2, 0) is 22.6 Å². The number of phenols is 1. The molecule has 0 heterocycles. The number of allylic oxidation sites excluding steroid dienone is 2. The number of fused-ring (bicyclic) bond motifs is 3. The lowest BCUT2D eigenvalue weighted by atomic mass is 9.60. The zero-order valence-electron chi connectivity index (χ0n) is 19.6. The average molecular weight is 505 g/mol. The Labute approximate surface area is 207 Å². The molecule has 0 bridgehead atoms. The molecule has 188 valence electrons. The molecule has 0 saturated heterocycles. The summed E-state index contributed by atoms with van der Waals surface area (Å²) in [4.78, 5) is 40.2. The van der Waals surface area contributed by atoms with Crippen molar-refractivity contribution >= 4 is 29.1 Å². The maximum absolute atomic E-state index is 13.5. The van der Waals surface area contributed by atoms with E-state index < -0.39 is 52.0 Å². The summed E-state index contributed by atoms with van der Waals surface area (Å²) < 4.78 is 0. The fourth-order valence-corrected chi connectivity index (χ4v) is 5.92. The first-order valence-corrected chi connectivity index (χ1v) is 12.0. The molecule has 3 atom stereocenters. The summed E-state index contributed by atoms with van der Waals surface area (Å²) in [7, 11) is 1.94. The second-order valence-corrected chi connectivity index (χ2v) is 10.1. The lowest BCUT2D eigenvalue weighted by molar-refractivity contribution is -0.144. The van der Waals surface area contributed by atoms with Crippen molar-refractivity contribution in [1.29, 1.82) is 0 Å². The van der Waals surface area contributed by atoms with Gasteiger partial charge in [-0.25, -0.2) is 0 Å². The lowest BCUT2D eigenvalue weighted by Gasteiger charge is -2.45. The van der Waals surface area contributed by atoms with Crippen LogP contribution in [0.15, 0.2) is 28.7 Å². The number of unbranched alkanes of at least 4 members (excludes halogenated alkanes) is 1. The molecule has 10 heteroatoms. The third-order valence-electron chi connectivity index (χ3n) is 7.40. The van der Waals surface area contributed by atoms with Crippen LogP contribution in [-0.4, -0.2) is 62.0 Å². The third kappa shape index (κ3) is 3.82. The standard InChI is InChI=1S/C25H29ClN2O7/c1-3-4-5-28(2)10-12-8-15(29)18-14(20(12)26)7-11-6-13-9-16(30)19(24(27)34)23(33)25(13,35)22(32)17(11)21(18)31/h8,11,13,29-30,32,35H,3-7,9-10H2,1-2H3,(H2,27,34)/t11?,13-,25-/m0/s1. The number of benzene rings is 1. The van der Waals surface area contributed by atoms with Gasteiger partial charge in [-0.05, 0) is 56.0 Å². The number of hydrogen-bond acceptors (Lipinski definition) is 8. The number of halogens is 1. The van der Waals surface area contributed by atoms with Gasteiger partial charge in [-0.1, -0.05) is 24.9 Å². The number of aliphatic hydroxyl groups is 3. The van der Waals surface area contributed by atoms with Crippen molar-refractivity contribution in [1.82, 2.24) is 4.90 Å². The highest BCUT2D eigenvalue weighted by Gasteiger charge is 2.59. The van der Waals surface area contributed by atoms with Gasteiger partial charge in [-0.3, -0.25) is 14.4 Å². The van der Waals surface area contributed by atoms with Gasteiger partial charge in [0.1, 0.15) is 22.8 Å². The van der Waals surface area contributed by atoms with Crippen LogP contribution >= 0.6 is 11.6 Å². The van der Waals surface area contributed by atoms with Crippen LogP contribution in [0.4, 0.5) is 0 Å². The molecule has 35 heavy (non-hydrogen) atoms. The minimum Gasteiger partial charge on any atom is -0.511 e. The zero-order chi connectivity index (χ0) is 25.8. The number of nitrogens with two attached hydrogens (primary N) is 1. The van der Waals surface area contributed by atoms with Crippen molar-refractivity contribution in [2.24, 2.45) is 17.6 Å². The summed E-state index contributed by atoms with van der Waals surface area (Å²) in [5.74, 6) is -6.52. The largest absolute Gasteiger partial charge is 0.511 e. The smallest absolute Gasteiger partial charge is 0.255 e. The predicted molar refractivity (Wildman–Crippen MR) is 127 cm³/mol. The van der Waals surface area contributed by atoms with Crippen LogP contribution in [0.25, 0.3) is 0 Å². The number of phenolic OH excluding ortho intramolecular Hbond substituents is 1. The number of ketones is 2. The van der Waals surface area contributed by atoms with Gasteiger partial charge in [0.05, 0.1) is 5.56 Å². The van der Waals surface area contributed by atoms with E-state index in [1.54, 1.807) is 0 Å². The molecule has 3 aliphatic carbocycles. The van der Waals surface area contributed by atoms with E-state index in [9.17, 15) is 34.8 Å². The topological polar surface area (TPSA) is 161 Å². The SMILES string of the molecule is CCCCN(C)Cc1cc(O)c2c(c1Cl)CC1C[C@H]3CC(O)=C(C(N)=O)C(=O)[C@@]3(O)C(O)=C1C2=O. The number of carbonyl (C=O) groups excluding carboxylic acids is 3. The number of amides is 1. The predicted octanol–water partition coefficient (Wildman–Crippen LogP) is 2.47. The number of nitrogens with zero attached hydrogens (tertiary/aromatic N) is 1. The number of primary amides is 1. The first-order chi connectivity index (χ1) is 16.4. The molecule has 4 rings (SSSR count). The van der Waals surface area contributed by atoms with Crippen LogP contribution < -0.4 is 5.73 Å². The fraction of sp³-hybridized carbons (Fsp3) is 0.480. The van der Waals surface area contributed by atoms with Gasteiger partial charge < -0.3 is 31.1 Å². The molecule has 9 nitrogen and oxygen atoms in total. The van der Waals surface area contributed by atoms with Crippen molar-refractivity contribution in [3.05, 3.63) is 50.4 Å². The Morgan fingerprint density at radius 1 is 1.26 bits per heavy atom. The molecular weight excluding hydrogens is 476 g/mol. The van der Waals surface area contributed by atoms with Crippen molar-refractivity contribution in [2.75, 3.05) is 13.6 Å². The van der Waals surface area contributed by atoms with E-state index >= 15 is 0 Å². The molecule has 1 unspecified atom stereocenters. The van der Waals surface area contributed by atoms with E-state index in [0.29, 0.717) is 22.7 Å². The molecule has 0 fully saturated rings. The normalized spacial score (nSPS) is 26.1. The summed E-state index contributed by atoms with van der Waals surface area (Å²) in [5, 5.41) is 43.6. The highest BCUT2D eigenvalue weighted by Crippen LogP contribution is 2.52. The minimum atomic E-state index is -2.57. The highest BCUT2D eigenvalue weighted by atomic mass is 35.5. The van der Waals surface area contributed by atoms with Gasteiger partial charge in [0.25, 0.3) is 5.91 Å². The van der Waals surface area contributed by atoms with Gasteiger partial charge in [0.15, 0.2) is 11.4 Å². The van der Waals surface area contributed by atoms with Gasteiger partial charge >= 0.3 is 0 Å². The molecule has 0 radical (unpaired) electrons. The van der Waals surface area contributed by atoms with Crippen molar-refractivity contribution < 1.29 is 34.8 Å². The maximum atomic E-state index is 13.5. The van der Waals surface area contributed by atoms with Gasteiger partial charge in [0.2, 0.25) is 5.78 Å². The Balaban J connectivity index is 1.78. The second-order valence-electron chi connectivity index (χ2n) is 9.72. The van der Waals surface area contributed by atoms with E-state index in [2.05, 4.69) is 11.8 Å². The van der Waals surface area contributed by atoms with Crippen molar-refractivity contribution in [3.63, 3.8) is 0 Å². The molecule has 0 aromatic heterocycles. The molecule has 1 aromatic carbocycles. The summed E-state index contributed by atoms with van der Waals surface area (Å²) in [5.41, 5.74) is 2.67. The van der Waals surface area contributed by atoms with Gasteiger partial charge in [-0.2, -0.15) is 0 Å². The Morgan fingerprint density at radius 2 is 1.94 bits per heavy atom. The molecule has 6 N–H and O–H groups in total. The summed E-state index contributed by atoms with van der Waals surface area (Å²) in [6, 6.07) is 1.43. The van der Waals surface area contributed by atoms with E-state index in [-0.39, 0.29) is 36.1 Å². The molecule has 1 amide bonds. The Kier molecular flexibility index (Phi) is 6.46. The van der Waals surface area contributed by atoms with E-state index in [4.69, 9.17) is 17.3 Å². The first-order valence-electron chi connectivity index (χ1n) is 11.6. The van der Waals surface area contributed by atoms with Crippen LogP contribution in [0.2, 0.25) is 5.02 Å². The number of carbonyl (C=O) groups is 3. The van der Waals surface area contributed by atoms with Crippen molar-refractivity contribution in [2.45, 2.75) is 51.2 Å². The van der Waals surface area contributed by atoms with Gasteiger partial charge in [-0.15, -0.1) is 0 Å². The van der Waals surface area contributed by atoms with E-state index in [1.165, 1.54) is 6.07 Å². The quantitative estimate of drug-likeness (QED) is 0.369. The number of aromatic hydroxyl groups is 1. The Hall–Kier alpha value is -2.88. The van der Waals surface area contributed by atoms with Crippen LogP contribution in [0, 0.1) is 11.8 Å². The first kappa shape index (κ1) is 25.2. The average Bonchev–Trinajstić information content (AvgIpc) is 2.77. The second kappa shape index (κ2) is 8.96. The number of Topliss-reactive ketones (excluding diaryl/α,β-unsaturated/α-hetero) is 2. The molecule has 3 aliphatic rings. The number of hydrogen-bond donors (Lipinski definition) is 5. The highest BCUT2D eigenvalue weighted by molar-refractivity contribution is 6.33. The third-order valence-corrected chi connectivity index (χ3v) is 7.87. The Morgan fingerprint density at radius 3 is 2.57 bits per heavy atom. The fourth-order valence-electron chi connectivity index (χ4n) is 5.64. The van der Waals surface area contributed by atoms with Crippen LogP contribution in [0.1, 0.15) is 54.1 Å². The monoisotopic (exact) mass is 504 g/mol.